The van der Waals surface area contributed by atoms with E-state index in [4.69, 9.17) is 4.74 Å². The molecule has 2 aliphatic rings. The fourth-order valence-corrected chi connectivity index (χ4v) is 3.86. The predicted octanol–water partition coefficient (Wildman–Crippen LogP) is 0.486. The molecule has 2 amide bonds. The van der Waals surface area contributed by atoms with E-state index in [-0.39, 0.29) is 17.4 Å². The molecule has 7 heteroatoms. The van der Waals surface area contributed by atoms with Crippen LogP contribution in [0.15, 0.2) is 23.1 Å². The van der Waals surface area contributed by atoms with Gasteiger partial charge < -0.3 is 19.1 Å². The first-order valence-corrected chi connectivity index (χ1v) is 8.71. The highest BCUT2D eigenvalue weighted by Crippen LogP contribution is 2.40. The van der Waals surface area contributed by atoms with Crippen LogP contribution in [0, 0.1) is 5.41 Å². The lowest BCUT2D eigenvalue weighted by Gasteiger charge is -2.39. The molecule has 2 fully saturated rings. The highest BCUT2D eigenvalue weighted by atomic mass is 16.5. The molecule has 25 heavy (non-hydrogen) atoms. The van der Waals surface area contributed by atoms with E-state index in [1.165, 1.54) is 10.6 Å². The third-order valence-corrected chi connectivity index (χ3v) is 5.38. The van der Waals surface area contributed by atoms with Gasteiger partial charge >= 0.3 is 0 Å². The third-order valence-electron chi connectivity index (χ3n) is 5.38. The molecule has 7 nitrogen and oxygen atoms in total. The highest BCUT2D eigenvalue weighted by molar-refractivity contribution is 5.95. The molecule has 3 heterocycles. The third kappa shape index (κ3) is 3.33. The van der Waals surface area contributed by atoms with Crippen LogP contribution in [0.1, 0.15) is 29.6 Å². The zero-order chi connectivity index (χ0) is 18.0. The van der Waals surface area contributed by atoms with E-state index in [2.05, 4.69) is 0 Å². The molecule has 1 aromatic heterocycles. The van der Waals surface area contributed by atoms with Gasteiger partial charge in [-0.3, -0.25) is 14.4 Å². The minimum Gasteiger partial charge on any atom is -0.383 e. The molecule has 1 atom stereocenters. The number of pyridine rings is 1. The Morgan fingerprint density at radius 3 is 2.80 bits per heavy atom. The topological polar surface area (TPSA) is 71.8 Å². The fourth-order valence-electron chi connectivity index (χ4n) is 3.86. The SMILES string of the molecule is COCCN1CCC[C@]2(CCN(C(=O)c3ccn(C)c(=O)c3)C2)C1=O. The Balaban J connectivity index is 1.73. The van der Waals surface area contributed by atoms with Crippen LogP contribution in [-0.2, 0) is 16.6 Å². The first-order chi connectivity index (χ1) is 12.0. The second-order valence-corrected chi connectivity index (χ2v) is 7.01. The zero-order valence-corrected chi connectivity index (χ0v) is 14.9. The van der Waals surface area contributed by atoms with Gasteiger partial charge in [-0.15, -0.1) is 0 Å². The van der Waals surface area contributed by atoms with Gasteiger partial charge in [-0.1, -0.05) is 0 Å². The number of hydrogen-bond donors (Lipinski definition) is 0. The van der Waals surface area contributed by atoms with Gasteiger partial charge in [0.15, 0.2) is 0 Å². The second kappa shape index (κ2) is 7.00. The summed E-state index contributed by atoms with van der Waals surface area (Å²) < 4.78 is 6.52. The predicted molar refractivity (Wildman–Crippen MR) is 92.3 cm³/mol. The van der Waals surface area contributed by atoms with Crippen molar-refractivity contribution in [3.63, 3.8) is 0 Å². The Kier molecular flexibility index (Phi) is 4.94. The first-order valence-electron chi connectivity index (χ1n) is 8.71. The Morgan fingerprint density at radius 1 is 1.28 bits per heavy atom. The minimum absolute atomic E-state index is 0.134. The lowest BCUT2D eigenvalue weighted by atomic mass is 9.78. The summed E-state index contributed by atoms with van der Waals surface area (Å²) in [5, 5.41) is 0. The largest absolute Gasteiger partial charge is 0.383 e. The molecule has 0 radical (unpaired) electrons. The van der Waals surface area contributed by atoms with Crippen LogP contribution >= 0.6 is 0 Å². The number of piperidine rings is 1. The summed E-state index contributed by atoms with van der Waals surface area (Å²) in [6, 6.07) is 3.02. The van der Waals surface area contributed by atoms with Crippen molar-refractivity contribution in [1.82, 2.24) is 14.4 Å². The van der Waals surface area contributed by atoms with Crippen LogP contribution in [0.25, 0.3) is 0 Å². The number of carbonyl (C=O) groups is 2. The monoisotopic (exact) mass is 347 g/mol. The van der Waals surface area contributed by atoms with Gasteiger partial charge in [0.1, 0.15) is 0 Å². The van der Waals surface area contributed by atoms with Gasteiger partial charge in [0, 0.05) is 58.2 Å². The molecular formula is C18H25N3O4. The lowest BCUT2D eigenvalue weighted by molar-refractivity contribution is -0.146. The molecule has 0 aliphatic carbocycles. The molecule has 0 aromatic carbocycles. The molecular weight excluding hydrogens is 322 g/mol. The fraction of sp³-hybridized carbons (Fsp3) is 0.611. The van der Waals surface area contributed by atoms with Gasteiger partial charge in [0.2, 0.25) is 5.91 Å². The van der Waals surface area contributed by atoms with Crippen molar-refractivity contribution < 1.29 is 14.3 Å². The number of rotatable bonds is 4. The van der Waals surface area contributed by atoms with Crippen molar-refractivity contribution in [2.75, 3.05) is 39.9 Å². The Morgan fingerprint density at radius 2 is 2.08 bits per heavy atom. The van der Waals surface area contributed by atoms with Crippen molar-refractivity contribution in [3.8, 4) is 0 Å². The maximum absolute atomic E-state index is 12.9. The molecule has 2 saturated heterocycles. The van der Waals surface area contributed by atoms with Crippen molar-refractivity contribution >= 4 is 11.8 Å². The van der Waals surface area contributed by atoms with Crippen LogP contribution in [-0.4, -0.2) is 66.1 Å². The van der Waals surface area contributed by atoms with E-state index in [0.29, 0.717) is 38.2 Å². The summed E-state index contributed by atoms with van der Waals surface area (Å²) in [6.45, 7) is 2.87. The van der Waals surface area contributed by atoms with Crippen molar-refractivity contribution in [2.24, 2.45) is 12.5 Å². The number of methoxy groups -OCH3 is 1. The standard InChI is InChI=1S/C18H25N3O4/c1-19-8-4-14(12-15(19)22)16(23)21-9-6-18(13-21)5-3-7-20(17(18)24)10-11-25-2/h4,8,12H,3,5-7,9-11,13H2,1-2H3/t18-/m1/s1. The van der Waals surface area contributed by atoms with Gasteiger partial charge in [0.05, 0.1) is 12.0 Å². The number of carbonyl (C=O) groups excluding carboxylic acids is 2. The van der Waals surface area contributed by atoms with E-state index in [0.717, 1.165) is 19.4 Å². The second-order valence-electron chi connectivity index (χ2n) is 7.01. The Labute approximate surface area is 147 Å². The molecule has 2 aliphatic heterocycles. The number of nitrogens with zero attached hydrogens (tertiary/aromatic N) is 3. The van der Waals surface area contributed by atoms with Crippen LogP contribution in [0.3, 0.4) is 0 Å². The van der Waals surface area contributed by atoms with E-state index in [9.17, 15) is 14.4 Å². The highest BCUT2D eigenvalue weighted by Gasteiger charge is 2.49. The summed E-state index contributed by atoms with van der Waals surface area (Å²) >= 11 is 0. The van der Waals surface area contributed by atoms with Crippen molar-refractivity contribution in [3.05, 3.63) is 34.2 Å². The molecule has 1 aromatic rings. The quantitative estimate of drug-likeness (QED) is 0.795. The smallest absolute Gasteiger partial charge is 0.254 e. The summed E-state index contributed by atoms with van der Waals surface area (Å²) in [5.74, 6) is -0.0357. The number of likely N-dealkylation sites (tertiary alicyclic amines) is 2. The first kappa shape index (κ1) is 17.7. The maximum atomic E-state index is 12.9. The average molecular weight is 347 g/mol. The van der Waals surface area contributed by atoms with Gasteiger partial charge in [-0.25, -0.2) is 0 Å². The van der Waals surface area contributed by atoms with E-state index in [1.807, 2.05) is 4.90 Å². The lowest BCUT2D eigenvalue weighted by Crippen LogP contribution is -2.51. The van der Waals surface area contributed by atoms with Crippen LogP contribution < -0.4 is 5.56 Å². The van der Waals surface area contributed by atoms with Crippen molar-refractivity contribution in [1.29, 1.82) is 0 Å². The Hall–Kier alpha value is -2.15. The molecule has 0 saturated carbocycles. The molecule has 3 rings (SSSR count). The minimum atomic E-state index is -0.471. The van der Waals surface area contributed by atoms with Crippen molar-refractivity contribution in [2.45, 2.75) is 19.3 Å². The summed E-state index contributed by atoms with van der Waals surface area (Å²) in [4.78, 5) is 41.0. The number of aryl methyl sites for hydroxylation is 1. The van der Waals surface area contributed by atoms with Crippen LogP contribution in [0.2, 0.25) is 0 Å². The number of ether oxygens (including phenoxy) is 1. The van der Waals surface area contributed by atoms with E-state index >= 15 is 0 Å². The molecule has 1 spiro atoms. The van der Waals surface area contributed by atoms with Crippen LogP contribution in [0.4, 0.5) is 0 Å². The number of amides is 2. The summed E-state index contributed by atoms with van der Waals surface area (Å²) in [7, 11) is 3.28. The number of aromatic nitrogens is 1. The van der Waals surface area contributed by atoms with Gasteiger partial charge in [-0.2, -0.15) is 0 Å². The van der Waals surface area contributed by atoms with E-state index < -0.39 is 5.41 Å². The van der Waals surface area contributed by atoms with Gasteiger partial charge in [-0.05, 0) is 25.3 Å². The molecule has 0 bridgehead atoms. The zero-order valence-electron chi connectivity index (χ0n) is 14.9. The summed E-state index contributed by atoms with van der Waals surface area (Å²) in [5.41, 5.74) is -0.291. The number of hydrogen-bond acceptors (Lipinski definition) is 4. The maximum Gasteiger partial charge on any atom is 0.254 e. The molecule has 0 N–H and O–H groups in total. The van der Waals surface area contributed by atoms with Crippen LogP contribution in [0.5, 0.6) is 0 Å². The molecule has 0 unspecified atom stereocenters. The van der Waals surface area contributed by atoms with Gasteiger partial charge in [0.25, 0.3) is 11.5 Å². The average Bonchev–Trinajstić information content (AvgIpc) is 3.03. The summed E-state index contributed by atoms with van der Waals surface area (Å²) in [6.07, 6.45) is 4.05. The molecule has 136 valence electrons. The Bertz CT molecular complexity index is 729. The normalized spacial score (nSPS) is 23.5. The van der Waals surface area contributed by atoms with E-state index in [1.54, 1.807) is 31.3 Å².